The summed E-state index contributed by atoms with van der Waals surface area (Å²) in [6, 6.07) is 0. The largest absolute Gasteiger partial charge is 0.396 e. The summed E-state index contributed by atoms with van der Waals surface area (Å²) in [5, 5.41) is 8.95. The second-order valence-corrected chi connectivity index (χ2v) is 3.67. The third-order valence-corrected chi connectivity index (χ3v) is 2.09. The van der Waals surface area contributed by atoms with E-state index in [1.165, 1.54) is 0 Å². The third-order valence-electron chi connectivity index (χ3n) is 2.09. The lowest BCUT2D eigenvalue weighted by Gasteiger charge is -2.24. The Kier molecular flexibility index (Phi) is 3.76. The Morgan fingerprint density at radius 3 is 2.92 bits per heavy atom. The Labute approximate surface area is 74.2 Å². The van der Waals surface area contributed by atoms with Crippen molar-refractivity contribution in [1.82, 2.24) is 0 Å². The molecular formula is C10H18O2. The van der Waals surface area contributed by atoms with Crippen LogP contribution in [0.1, 0.15) is 26.7 Å². The van der Waals surface area contributed by atoms with Crippen molar-refractivity contribution in [3.63, 3.8) is 0 Å². The molecule has 0 spiro atoms. The zero-order valence-corrected chi connectivity index (χ0v) is 7.86. The quantitative estimate of drug-likeness (QED) is 0.654. The highest BCUT2D eigenvalue weighted by Crippen LogP contribution is 2.20. The summed E-state index contributed by atoms with van der Waals surface area (Å²) < 4.78 is 5.63. The maximum Gasteiger partial charge on any atom is 0.0762 e. The van der Waals surface area contributed by atoms with Gasteiger partial charge in [0.1, 0.15) is 0 Å². The van der Waals surface area contributed by atoms with Gasteiger partial charge < -0.3 is 9.84 Å². The highest BCUT2D eigenvalue weighted by Gasteiger charge is 2.18. The minimum Gasteiger partial charge on any atom is -0.396 e. The standard InChI is InChI=1S/C10H18O2/c1-8(2)12-10-5-3-4-9(6-10)7-11/h3,5,8-11H,4,6-7H2,1-2H3/t9-,10+/m1/s1. The predicted octanol–water partition coefficient (Wildman–Crippen LogP) is 1.74. The minimum atomic E-state index is 0.218. The molecule has 1 N–H and O–H groups in total. The summed E-state index contributed by atoms with van der Waals surface area (Å²) in [7, 11) is 0. The van der Waals surface area contributed by atoms with Gasteiger partial charge in [-0.1, -0.05) is 12.2 Å². The van der Waals surface area contributed by atoms with E-state index in [1.807, 2.05) is 13.8 Å². The van der Waals surface area contributed by atoms with Crippen molar-refractivity contribution in [2.75, 3.05) is 6.61 Å². The molecule has 70 valence electrons. The predicted molar refractivity (Wildman–Crippen MR) is 49.0 cm³/mol. The Hall–Kier alpha value is -0.340. The molecule has 0 aliphatic heterocycles. The first-order chi connectivity index (χ1) is 5.72. The lowest BCUT2D eigenvalue weighted by atomic mass is 9.93. The summed E-state index contributed by atoms with van der Waals surface area (Å²) in [6.45, 7) is 4.36. The van der Waals surface area contributed by atoms with Crippen LogP contribution in [0.4, 0.5) is 0 Å². The molecule has 12 heavy (non-hydrogen) atoms. The van der Waals surface area contributed by atoms with E-state index in [2.05, 4.69) is 12.2 Å². The summed E-state index contributed by atoms with van der Waals surface area (Å²) >= 11 is 0. The number of rotatable bonds is 3. The van der Waals surface area contributed by atoms with Crippen molar-refractivity contribution in [3.8, 4) is 0 Å². The molecule has 0 aromatic heterocycles. The number of ether oxygens (including phenoxy) is 1. The van der Waals surface area contributed by atoms with Crippen LogP contribution in [0, 0.1) is 5.92 Å². The molecule has 2 atom stereocenters. The van der Waals surface area contributed by atoms with Crippen LogP contribution in [0.3, 0.4) is 0 Å². The summed E-state index contributed by atoms with van der Waals surface area (Å²) in [5.74, 6) is 0.402. The molecule has 0 aromatic carbocycles. The van der Waals surface area contributed by atoms with Gasteiger partial charge in [-0.15, -0.1) is 0 Å². The zero-order valence-electron chi connectivity index (χ0n) is 7.86. The maximum atomic E-state index is 8.95. The molecule has 0 bridgehead atoms. The van der Waals surface area contributed by atoms with Gasteiger partial charge >= 0.3 is 0 Å². The number of allylic oxidation sites excluding steroid dienone is 1. The fourth-order valence-electron chi connectivity index (χ4n) is 1.53. The zero-order chi connectivity index (χ0) is 8.97. The van der Waals surface area contributed by atoms with Gasteiger partial charge in [0.2, 0.25) is 0 Å². The molecule has 0 fully saturated rings. The summed E-state index contributed by atoms with van der Waals surface area (Å²) in [6.07, 6.45) is 6.66. The Morgan fingerprint density at radius 2 is 2.33 bits per heavy atom. The molecule has 0 amide bonds. The monoisotopic (exact) mass is 170 g/mol. The second kappa shape index (κ2) is 4.63. The molecule has 1 aliphatic rings. The van der Waals surface area contributed by atoms with E-state index in [9.17, 15) is 0 Å². The topological polar surface area (TPSA) is 29.5 Å². The van der Waals surface area contributed by atoms with Crippen molar-refractivity contribution in [2.24, 2.45) is 5.92 Å². The van der Waals surface area contributed by atoms with Gasteiger partial charge in [-0.05, 0) is 32.6 Å². The molecule has 0 saturated carbocycles. The van der Waals surface area contributed by atoms with Crippen molar-refractivity contribution in [3.05, 3.63) is 12.2 Å². The third kappa shape index (κ3) is 2.95. The van der Waals surface area contributed by atoms with E-state index in [0.717, 1.165) is 12.8 Å². The molecular weight excluding hydrogens is 152 g/mol. The van der Waals surface area contributed by atoms with E-state index < -0.39 is 0 Å². The highest BCUT2D eigenvalue weighted by atomic mass is 16.5. The normalized spacial score (nSPS) is 29.7. The molecule has 0 radical (unpaired) electrons. The lowest BCUT2D eigenvalue weighted by molar-refractivity contribution is 0.0129. The molecule has 0 aromatic rings. The minimum absolute atomic E-state index is 0.218. The molecule has 1 aliphatic carbocycles. The second-order valence-electron chi connectivity index (χ2n) is 3.67. The highest BCUT2D eigenvalue weighted by molar-refractivity contribution is 4.97. The summed E-state index contributed by atoms with van der Waals surface area (Å²) in [5.41, 5.74) is 0. The van der Waals surface area contributed by atoms with Gasteiger partial charge in [-0.25, -0.2) is 0 Å². The average Bonchev–Trinajstić information content (AvgIpc) is 2.03. The SMILES string of the molecule is CC(C)O[C@H]1C=CC[C@@H](CO)C1. The van der Waals surface area contributed by atoms with Crippen molar-refractivity contribution >= 4 is 0 Å². The van der Waals surface area contributed by atoms with Crippen LogP contribution in [0.5, 0.6) is 0 Å². The van der Waals surface area contributed by atoms with E-state index >= 15 is 0 Å². The van der Waals surface area contributed by atoms with Crippen molar-refractivity contribution in [1.29, 1.82) is 0 Å². The fourth-order valence-corrected chi connectivity index (χ4v) is 1.53. The molecule has 2 heteroatoms. The van der Waals surface area contributed by atoms with Crippen LogP contribution in [-0.2, 0) is 4.74 Å². The molecule has 2 nitrogen and oxygen atoms in total. The smallest absolute Gasteiger partial charge is 0.0762 e. The summed E-state index contributed by atoms with van der Waals surface area (Å²) in [4.78, 5) is 0. The first-order valence-corrected chi connectivity index (χ1v) is 4.65. The van der Waals surface area contributed by atoms with Gasteiger partial charge in [-0.2, -0.15) is 0 Å². The molecule has 0 saturated heterocycles. The number of aliphatic hydroxyl groups excluding tert-OH is 1. The van der Waals surface area contributed by atoms with E-state index in [1.54, 1.807) is 0 Å². The first kappa shape index (κ1) is 9.75. The Bertz CT molecular complexity index is 152. The van der Waals surface area contributed by atoms with Crippen LogP contribution < -0.4 is 0 Å². The fraction of sp³-hybridized carbons (Fsp3) is 0.800. The molecule has 1 rings (SSSR count). The van der Waals surface area contributed by atoms with Gasteiger partial charge in [0.05, 0.1) is 12.2 Å². The van der Waals surface area contributed by atoms with Gasteiger partial charge in [-0.3, -0.25) is 0 Å². The van der Waals surface area contributed by atoms with Crippen LogP contribution in [-0.4, -0.2) is 23.9 Å². The van der Waals surface area contributed by atoms with Crippen LogP contribution >= 0.6 is 0 Å². The molecule has 0 heterocycles. The van der Waals surface area contributed by atoms with Crippen molar-refractivity contribution < 1.29 is 9.84 Å². The van der Waals surface area contributed by atoms with E-state index in [4.69, 9.17) is 9.84 Å². The number of hydrogen-bond acceptors (Lipinski definition) is 2. The van der Waals surface area contributed by atoms with Crippen LogP contribution in [0.15, 0.2) is 12.2 Å². The lowest BCUT2D eigenvalue weighted by Crippen LogP contribution is -2.23. The molecule has 0 unspecified atom stereocenters. The Balaban J connectivity index is 2.35. The van der Waals surface area contributed by atoms with E-state index in [0.29, 0.717) is 5.92 Å². The van der Waals surface area contributed by atoms with E-state index in [-0.39, 0.29) is 18.8 Å². The Morgan fingerprint density at radius 1 is 1.58 bits per heavy atom. The van der Waals surface area contributed by atoms with Gasteiger partial charge in [0, 0.05) is 6.61 Å². The first-order valence-electron chi connectivity index (χ1n) is 4.65. The van der Waals surface area contributed by atoms with Gasteiger partial charge in [0.15, 0.2) is 0 Å². The van der Waals surface area contributed by atoms with Gasteiger partial charge in [0.25, 0.3) is 0 Å². The average molecular weight is 170 g/mol. The van der Waals surface area contributed by atoms with Crippen LogP contribution in [0.2, 0.25) is 0 Å². The number of hydrogen-bond donors (Lipinski definition) is 1. The maximum absolute atomic E-state index is 8.95. The number of aliphatic hydroxyl groups is 1. The van der Waals surface area contributed by atoms with Crippen molar-refractivity contribution in [2.45, 2.75) is 38.9 Å². The van der Waals surface area contributed by atoms with Crippen LogP contribution in [0.25, 0.3) is 0 Å².